The van der Waals surface area contributed by atoms with Crippen LogP contribution in [0.5, 0.6) is 0 Å². The maximum Gasteiger partial charge on any atom is 0.389 e. The summed E-state index contributed by atoms with van der Waals surface area (Å²) in [5.74, 6) is 0.992. The molecule has 2 atom stereocenters. The van der Waals surface area contributed by atoms with Gasteiger partial charge in [0.1, 0.15) is 11.6 Å². The van der Waals surface area contributed by atoms with Crippen LogP contribution >= 0.6 is 0 Å². The molecule has 1 unspecified atom stereocenters. The maximum absolute atomic E-state index is 12.8. The number of amides is 2. The zero-order valence-electron chi connectivity index (χ0n) is 22.1. The SMILES string of the molecule is COCC(C)Nc1cc(-c2cc(NC(=O)N3CC[C@@H](CC(F)(F)F)C3)ccc2C)cc(N2CCOCC2)n1. The summed E-state index contributed by atoms with van der Waals surface area (Å²) in [4.78, 5) is 21.3. The van der Waals surface area contributed by atoms with Gasteiger partial charge in [-0.15, -0.1) is 0 Å². The smallest absolute Gasteiger partial charge is 0.383 e. The van der Waals surface area contributed by atoms with E-state index in [0.717, 1.165) is 41.4 Å². The summed E-state index contributed by atoms with van der Waals surface area (Å²) >= 11 is 0. The van der Waals surface area contributed by atoms with E-state index in [0.29, 0.717) is 38.5 Å². The number of pyridine rings is 1. The van der Waals surface area contributed by atoms with E-state index < -0.39 is 18.5 Å². The Hall–Kier alpha value is -3.05. The lowest BCUT2D eigenvalue weighted by molar-refractivity contribution is -0.143. The molecule has 2 fully saturated rings. The van der Waals surface area contributed by atoms with Crippen molar-refractivity contribution in [3.05, 3.63) is 35.9 Å². The number of rotatable bonds is 8. The number of urea groups is 1. The largest absolute Gasteiger partial charge is 0.389 e. The summed E-state index contributed by atoms with van der Waals surface area (Å²) in [7, 11) is 1.66. The molecule has 2 aromatic rings. The summed E-state index contributed by atoms with van der Waals surface area (Å²) in [6.07, 6.45) is -4.73. The molecule has 2 N–H and O–H groups in total. The van der Waals surface area contributed by atoms with Crippen molar-refractivity contribution >= 4 is 23.4 Å². The molecular weight excluding hydrogens is 499 g/mol. The second-order valence-electron chi connectivity index (χ2n) is 10.1. The van der Waals surface area contributed by atoms with E-state index in [-0.39, 0.29) is 18.6 Å². The Balaban J connectivity index is 1.55. The van der Waals surface area contributed by atoms with Gasteiger partial charge in [-0.25, -0.2) is 9.78 Å². The van der Waals surface area contributed by atoms with Crippen molar-refractivity contribution in [2.45, 2.75) is 38.9 Å². The number of aromatic nitrogens is 1. The first-order chi connectivity index (χ1) is 18.1. The standard InChI is InChI=1S/C27H36F3N5O3/c1-18-4-5-22(32-26(36)35-7-6-20(16-35)15-27(28,29)30)14-23(18)21-12-24(31-19(2)17-37-3)33-25(13-21)34-8-10-38-11-9-34/h4-5,12-14,19-20H,6-11,15-17H2,1-3H3,(H,31,33)(H,32,36)/t19?,20-/m0/s1. The maximum atomic E-state index is 12.8. The topological polar surface area (TPSA) is 79.0 Å². The summed E-state index contributed by atoms with van der Waals surface area (Å²) in [6.45, 7) is 7.71. The highest BCUT2D eigenvalue weighted by Crippen LogP contribution is 2.33. The van der Waals surface area contributed by atoms with Gasteiger partial charge in [-0.3, -0.25) is 0 Å². The van der Waals surface area contributed by atoms with Crippen LogP contribution < -0.4 is 15.5 Å². The molecule has 0 radical (unpaired) electrons. The third kappa shape index (κ3) is 7.50. The number of morpholine rings is 1. The first-order valence-electron chi connectivity index (χ1n) is 12.9. The molecule has 2 aliphatic heterocycles. The van der Waals surface area contributed by atoms with Crippen molar-refractivity contribution in [3.8, 4) is 11.1 Å². The number of anilines is 3. The Kier molecular flexibility index (Phi) is 8.99. The van der Waals surface area contributed by atoms with Crippen LogP contribution in [0.2, 0.25) is 0 Å². The molecule has 3 heterocycles. The van der Waals surface area contributed by atoms with Crippen molar-refractivity contribution in [2.75, 3.05) is 68.6 Å². The van der Waals surface area contributed by atoms with Crippen LogP contribution in [-0.4, -0.2) is 81.2 Å². The van der Waals surface area contributed by atoms with Gasteiger partial charge in [0, 0.05) is 51.4 Å². The lowest BCUT2D eigenvalue weighted by Crippen LogP contribution is -2.37. The number of hydrogen-bond donors (Lipinski definition) is 2. The molecule has 0 saturated carbocycles. The Labute approximate surface area is 221 Å². The molecule has 1 aromatic carbocycles. The van der Waals surface area contributed by atoms with Gasteiger partial charge in [0.05, 0.1) is 19.8 Å². The van der Waals surface area contributed by atoms with Gasteiger partial charge in [-0.2, -0.15) is 13.2 Å². The summed E-state index contributed by atoms with van der Waals surface area (Å²) < 4.78 is 49.1. The fraction of sp³-hybridized carbons (Fsp3) is 0.556. The Bertz CT molecular complexity index is 1110. The number of benzene rings is 1. The first kappa shape index (κ1) is 28.0. The lowest BCUT2D eigenvalue weighted by Gasteiger charge is -2.29. The van der Waals surface area contributed by atoms with Gasteiger partial charge in [0.15, 0.2) is 0 Å². The molecule has 2 aliphatic rings. The number of alkyl halides is 3. The van der Waals surface area contributed by atoms with Crippen molar-refractivity contribution in [1.82, 2.24) is 9.88 Å². The van der Waals surface area contributed by atoms with E-state index >= 15 is 0 Å². The van der Waals surface area contributed by atoms with Gasteiger partial charge >= 0.3 is 12.2 Å². The number of aryl methyl sites for hydroxylation is 1. The van der Waals surface area contributed by atoms with Gasteiger partial charge < -0.3 is 29.9 Å². The summed E-state index contributed by atoms with van der Waals surface area (Å²) in [5, 5.41) is 6.28. The van der Waals surface area contributed by atoms with E-state index in [2.05, 4.69) is 15.5 Å². The number of halogens is 3. The van der Waals surface area contributed by atoms with E-state index in [9.17, 15) is 18.0 Å². The number of likely N-dealkylation sites (tertiary alicyclic amines) is 1. The minimum absolute atomic E-state index is 0.0497. The minimum Gasteiger partial charge on any atom is -0.383 e. The summed E-state index contributed by atoms with van der Waals surface area (Å²) in [5.41, 5.74) is 3.47. The molecule has 2 saturated heterocycles. The average molecular weight is 536 g/mol. The van der Waals surface area contributed by atoms with Crippen LogP contribution in [0, 0.1) is 12.8 Å². The van der Waals surface area contributed by atoms with Gasteiger partial charge in [0.25, 0.3) is 0 Å². The molecule has 208 valence electrons. The van der Waals surface area contributed by atoms with E-state index in [4.69, 9.17) is 14.5 Å². The number of ether oxygens (including phenoxy) is 2. The molecule has 4 rings (SSSR count). The van der Waals surface area contributed by atoms with Crippen molar-refractivity contribution in [3.63, 3.8) is 0 Å². The van der Waals surface area contributed by atoms with Crippen LogP contribution in [-0.2, 0) is 9.47 Å². The molecule has 2 amide bonds. The van der Waals surface area contributed by atoms with Crippen molar-refractivity contribution in [2.24, 2.45) is 5.92 Å². The quantitative estimate of drug-likeness (QED) is 0.487. The molecule has 38 heavy (non-hydrogen) atoms. The Morgan fingerprint density at radius 2 is 1.97 bits per heavy atom. The third-order valence-corrected chi connectivity index (χ3v) is 6.85. The normalized spacial score (nSPS) is 18.9. The predicted octanol–water partition coefficient (Wildman–Crippen LogP) is 5.15. The monoisotopic (exact) mass is 535 g/mol. The van der Waals surface area contributed by atoms with Crippen LogP contribution in [0.1, 0.15) is 25.3 Å². The van der Waals surface area contributed by atoms with Crippen molar-refractivity contribution in [1.29, 1.82) is 0 Å². The fourth-order valence-electron chi connectivity index (χ4n) is 4.97. The second kappa shape index (κ2) is 12.2. The van der Waals surface area contributed by atoms with Crippen LogP contribution in [0.25, 0.3) is 11.1 Å². The second-order valence-corrected chi connectivity index (χ2v) is 10.1. The summed E-state index contributed by atoms with van der Waals surface area (Å²) in [6, 6.07) is 9.32. The number of hydrogen-bond acceptors (Lipinski definition) is 6. The Morgan fingerprint density at radius 1 is 1.21 bits per heavy atom. The van der Waals surface area contributed by atoms with E-state index in [1.165, 1.54) is 4.90 Å². The van der Waals surface area contributed by atoms with E-state index in [1.54, 1.807) is 7.11 Å². The zero-order chi connectivity index (χ0) is 27.3. The van der Waals surface area contributed by atoms with Crippen LogP contribution in [0.3, 0.4) is 0 Å². The molecule has 0 aliphatic carbocycles. The Morgan fingerprint density at radius 3 is 2.68 bits per heavy atom. The minimum atomic E-state index is -4.22. The highest BCUT2D eigenvalue weighted by molar-refractivity contribution is 5.91. The lowest BCUT2D eigenvalue weighted by atomic mass is 10.00. The molecule has 0 spiro atoms. The first-order valence-corrected chi connectivity index (χ1v) is 12.9. The molecule has 8 nitrogen and oxygen atoms in total. The number of methoxy groups -OCH3 is 1. The number of nitrogens with zero attached hydrogens (tertiary/aromatic N) is 3. The fourth-order valence-corrected chi connectivity index (χ4v) is 4.97. The van der Waals surface area contributed by atoms with E-state index in [1.807, 2.05) is 44.2 Å². The van der Waals surface area contributed by atoms with Gasteiger partial charge in [-0.1, -0.05) is 6.07 Å². The molecule has 0 bridgehead atoms. The van der Waals surface area contributed by atoms with Crippen molar-refractivity contribution < 1.29 is 27.4 Å². The zero-order valence-corrected chi connectivity index (χ0v) is 22.1. The van der Waals surface area contributed by atoms with Gasteiger partial charge in [0.2, 0.25) is 0 Å². The highest BCUT2D eigenvalue weighted by Gasteiger charge is 2.36. The number of carbonyl (C=O) groups is 1. The third-order valence-electron chi connectivity index (χ3n) is 6.85. The average Bonchev–Trinajstić information content (AvgIpc) is 3.32. The van der Waals surface area contributed by atoms with Crippen LogP contribution in [0.15, 0.2) is 30.3 Å². The molecule has 1 aromatic heterocycles. The highest BCUT2D eigenvalue weighted by atomic mass is 19.4. The van der Waals surface area contributed by atoms with Gasteiger partial charge in [-0.05, 0) is 67.1 Å². The predicted molar refractivity (Wildman–Crippen MR) is 142 cm³/mol. The van der Waals surface area contributed by atoms with Crippen LogP contribution in [0.4, 0.5) is 35.3 Å². The molecular formula is C27H36F3N5O3. The number of carbonyl (C=O) groups excluding carboxylic acids is 1. The molecule has 11 heteroatoms. The number of nitrogens with one attached hydrogen (secondary N) is 2.